The zero-order chi connectivity index (χ0) is 90.4. The topological polar surface area (TPSA) is 19.0 Å². The molecule has 18 aromatic carbocycles. The molecule has 5 atom stereocenters. The molecule has 0 aromatic heterocycles. The molecule has 4 nitrogen and oxygen atoms in total. The molecule has 648 valence electrons. The Morgan fingerprint density at radius 1 is 0.241 bits per heavy atom. The van der Waals surface area contributed by atoms with Gasteiger partial charge in [-0.2, -0.15) is 5.06 Å². The molecule has 0 fully saturated rings. The average molecular weight is 1720 g/mol. The van der Waals surface area contributed by atoms with Gasteiger partial charge in [0.1, 0.15) is 6.10 Å². The van der Waals surface area contributed by atoms with Gasteiger partial charge >= 0.3 is 0 Å². The standard InChI is InChI=1S/C129H111N3O/c1-85(2)125(98-37-21-14-22-38-98)132(126(4,5)6)133-124(97-53-51-90(52-54-97)93-59-69-104(70-60-93)130(102-65-55-91(56-66-102)88-33-17-12-18-34-88)106-73-77-112-108-39-23-27-43-116(108)127(7,8)120(112)83-106)82-101(79-86(3)87-31-15-11-16-32-87)96-49-47-94(48-50-96)99-63-75-114-110-41-25-29-45-118(110)129(122(114)80-99)119-46-30-26-42-111(119)115-76-64-100(81-123(115)129)95-61-71-105(72-62-95)131(103-67-57-92(58-68-103)89-35-19-13-20-36-89)107-74-78-113-109-40-24-28-44-117(109)128(9,10)121(113)84-107/h11-78,80-81,83-86,101,124-125H,79,82H2,1-10H3. The summed E-state index contributed by atoms with van der Waals surface area (Å²) in [6, 6.07) is 164. The number of benzene rings is 18. The molecule has 0 bridgehead atoms. The molecular weight excluding hydrogens is 1610 g/mol. The normalized spacial score (nSPS) is 15.2. The fourth-order valence-corrected chi connectivity index (χ4v) is 22.8. The molecule has 0 saturated heterocycles. The largest absolute Gasteiger partial charge is 0.310 e. The molecule has 1 spiro atoms. The lowest BCUT2D eigenvalue weighted by atomic mass is 9.70. The Morgan fingerprint density at radius 2 is 0.526 bits per heavy atom. The van der Waals surface area contributed by atoms with E-state index in [0.29, 0.717) is 0 Å². The molecule has 22 rings (SSSR count). The van der Waals surface area contributed by atoms with Crippen LogP contribution in [0.15, 0.2) is 437 Å². The summed E-state index contributed by atoms with van der Waals surface area (Å²) >= 11 is 0. The van der Waals surface area contributed by atoms with Gasteiger partial charge in [0.25, 0.3) is 0 Å². The molecule has 133 heavy (non-hydrogen) atoms. The molecular formula is C129H111N3O. The third-order valence-corrected chi connectivity index (χ3v) is 29.6. The molecule has 0 amide bonds. The molecule has 0 N–H and O–H groups in total. The van der Waals surface area contributed by atoms with Gasteiger partial charge in [-0.15, -0.1) is 0 Å². The van der Waals surface area contributed by atoms with Gasteiger partial charge in [-0.05, 0) is 303 Å². The smallest absolute Gasteiger partial charge is 0.105 e. The first-order valence-corrected chi connectivity index (χ1v) is 47.7. The Balaban J connectivity index is 0.604. The van der Waals surface area contributed by atoms with E-state index in [-0.39, 0.29) is 46.3 Å². The summed E-state index contributed by atoms with van der Waals surface area (Å²) in [5.41, 5.74) is 43.3. The molecule has 0 saturated carbocycles. The molecule has 5 unspecified atom stereocenters. The van der Waals surface area contributed by atoms with E-state index in [9.17, 15) is 0 Å². The van der Waals surface area contributed by atoms with Crippen LogP contribution in [0.2, 0.25) is 0 Å². The first-order valence-electron chi connectivity index (χ1n) is 47.7. The van der Waals surface area contributed by atoms with Gasteiger partial charge in [-0.1, -0.05) is 400 Å². The Kier molecular flexibility index (Phi) is 21.5. The molecule has 0 heterocycles. The van der Waals surface area contributed by atoms with Gasteiger partial charge in [-0.25, -0.2) is 0 Å². The predicted molar refractivity (Wildman–Crippen MR) is 557 cm³/mol. The summed E-state index contributed by atoms with van der Waals surface area (Å²) in [6.07, 6.45) is 1.32. The molecule has 0 radical (unpaired) electrons. The first kappa shape index (κ1) is 84.1. The monoisotopic (exact) mass is 1720 g/mol. The second-order valence-electron chi connectivity index (χ2n) is 39.7. The maximum atomic E-state index is 7.98. The van der Waals surface area contributed by atoms with Crippen LogP contribution >= 0.6 is 0 Å². The van der Waals surface area contributed by atoms with Crippen molar-refractivity contribution in [2.75, 3.05) is 9.80 Å². The number of fused-ring (bicyclic) bond motifs is 16. The lowest BCUT2D eigenvalue weighted by Gasteiger charge is -2.45. The Morgan fingerprint density at radius 3 is 0.910 bits per heavy atom. The highest BCUT2D eigenvalue weighted by molar-refractivity contribution is 5.98. The van der Waals surface area contributed by atoms with Crippen LogP contribution in [-0.4, -0.2) is 10.6 Å². The summed E-state index contributed by atoms with van der Waals surface area (Å²) in [5, 5.41) is 2.35. The third-order valence-electron chi connectivity index (χ3n) is 29.6. The summed E-state index contributed by atoms with van der Waals surface area (Å²) in [4.78, 5) is 12.8. The zero-order valence-electron chi connectivity index (χ0n) is 77.6. The van der Waals surface area contributed by atoms with Crippen LogP contribution in [0.25, 0.3) is 100 Å². The van der Waals surface area contributed by atoms with Crippen molar-refractivity contribution >= 4 is 34.1 Å². The van der Waals surface area contributed by atoms with E-state index in [0.717, 1.165) is 63.7 Å². The Bertz CT molecular complexity index is 7320. The van der Waals surface area contributed by atoms with Crippen molar-refractivity contribution < 1.29 is 4.84 Å². The maximum Gasteiger partial charge on any atom is 0.105 e. The van der Waals surface area contributed by atoms with E-state index in [4.69, 9.17) is 4.84 Å². The summed E-state index contributed by atoms with van der Waals surface area (Å²) in [5.74, 6) is 0.569. The highest BCUT2D eigenvalue weighted by Gasteiger charge is 2.52. The van der Waals surface area contributed by atoms with Gasteiger partial charge in [-0.3, -0.25) is 4.84 Å². The van der Waals surface area contributed by atoms with Gasteiger partial charge < -0.3 is 9.80 Å². The van der Waals surface area contributed by atoms with Gasteiger partial charge in [0, 0.05) is 50.5 Å². The minimum absolute atomic E-state index is 0.0311. The van der Waals surface area contributed by atoms with E-state index in [1.54, 1.807) is 0 Å². The Labute approximate surface area is 785 Å². The molecule has 4 heteroatoms. The minimum atomic E-state index is -0.588. The highest BCUT2D eigenvalue weighted by atomic mass is 16.7. The molecule has 18 aromatic rings. The van der Waals surface area contributed by atoms with E-state index < -0.39 is 5.41 Å². The highest BCUT2D eigenvalue weighted by Crippen LogP contribution is 2.64. The third kappa shape index (κ3) is 15.0. The van der Waals surface area contributed by atoms with Crippen molar-refractivity contribution in [2.45, 2.75) is 128 Å². The van der Waals surface area contributed by atoms with E-state index in [1.807, 2.05) is 0 Å². The maximum absolute atomic E-state index is 7.98. The van der Waals surface area contributed by atoms with Crippen LogP contribution in [0, 0.1) is 5.92 Å². The lowest BCUT2D eigenvalue weighted by Crippen LogP contribution is -2.46. The van der Waals surface area contributed by atoms with Crippen LogP contribution in [0.1, 0.15) is 173 Å². The number of nitrogens with zero attached hydrogens (tertiary/aromatic N) is 3. The lowest BCUT2D eigenvalue weighted by molar-refractivity contribution is -0.278. The molecule has 0 aliphatic heterocycles. The SMILES string of the molecule is CC(CC(CC(ON(C(c1ccccc1)C(C)C)C(C)(C)C)c1ccc(-c2ccc(N(c3ccc(-c4ccccc4)cc3)c3ccc4c(c3)C(C)(C)c3ccccc3-4)cc2)cc1)c1ccc(-c2ccc3c(c2)C2(c4ccccc4-3)c3ccccc3-c3ccc(-c4ccc(N(c5ccc(-c6ccccc6)cc5)c5ccc6c(c5)C(C)(C)c5ccccc5-6)cc4)cc32)cc1)c1ccccc1. The van der Waals surface area contributed by atoms with Crippen LogP contribution in [-0.2, 0) is 21.1 Å². The summed E-state index contributed by atoms with van der Waals surface area (Å²) in [7, 11) is 0. The number of anilines is 6. The number of hydrogen-bond donors (Lipinski definition) is 0. The second kappa shape index (κ2) is 34.0. The van der Waals surface area contributed by atoms with Crippen molar-refractivity contribution in [3.8, 4) is 100 Å². The molecule has 4 aliphatic carbocycles. The fraction of sp³-hybridized carbons (Fsp3) is 0.163. The van der Waals surface area contributed by atoms with Crippen molar-refractivity contribution in [1.29, 1.82) is 0 Å². The van der Waals surface area contributed by atoms with Crippen LogP contribution < -0.4 is 9.80 Å². The number of hydrogen-bond acceptors (Lipinski definition) is 4. The number of rotatable bonds is 23. The van der Waals surface area contributed by atoms with Crippen molar-refractivity contribution in [2.24, 2.45) is 5.92 Å². The Hall–Kier alpha value is -14.5. The van der Waals surface area contributed by atoms with Gasteiger partial charge in [0.2, 0.25) is 0 Å². The first-order chi connectivity index (χ1) is 64.8. The van der Waals surface area contributed by atoms with Crippen molar-refractivity contribution in [3.63, 3.8) is 0 Å². The van der Waals surface area contributed by atoms with Gasteiger partial charge in [0.05, 0.1) is 11.5 Å². The van der Waals surface area contributed by atoms with Crippen LogP contribution in [0.5, 0.6) is 0 Å². The van der Waals surface area contributed by atoms with Crippen LogP contribution in [0.4, 0.5) is 34.1 Å². The second-order valence-corrected chi connectivity index (χ2v) is 39.7. The van der Waals surface area contributed by atoms with Crippen molar-refractivity contribution in [3.05, 3.63) is 504 Å². The summed E-state index contributed by atoms with van der Waals surface area (Å²) < 4.78 is 0. The van der Waals surface area contributed by atoms with Crippen LogP contribution in [0.3, 0.4) is 0 Å². The van der Waals surface area contributed by atoms with E-state index in [2.05, 4.69) is 521 Å². The van der Waals surface area contributed by atoms with Gasteiger partial charge in [0.15, 0.2) is 0 Å². The van der Waals surface area contributed by atoms with Crippen molar-refractivity contribution in [1.82, 2.24) is 5.06 Å². The quantitative estimate of drug-likeness (QED) is 0.0594. The van der Waals surface area contributed by atoms with E-state index >= 15 is 0 Å². The zero-order valence-corrected chi connectivity index (χ0v) is 77.6. The average Bonchev–Trinajstić information content (AvgIpc) is 1.50. The fourth-order valence-electron chi connectivity index (χ4n) is 22.8. The summed E-state index contributed by atoms with van der Waals surface area (Å²) in [6.45, 7) is 23.5. The molecule has 4 aliphatic rings. The van der Waals surface area contributed by atoms with E-state index in [1.165, 1.54) is 150 Å². The predicted octanol–water partition coefficient (Wildman–Crippen LogP) is 34.8. The number of hydroxylamine groups is 2. The minimum Gasteiger partial charge on any atom is -0.310 e.